The van der Waals surface area contributed by atoms with Gasteiger partial charge in [-0.15, -0.1) is 0 Å². The van der Waals surface area contributed by atoms with Crippen molar-refractivity contribution in [2.75, 3.05) is 32.0 Å². The van der Waals surface area contributed by atoms with E-state index in [2.05, 4.69) is 12.2 Å². The quantitative estimate of drug-likeness (QED) is 0.688. The monoisotopic (exact) mass is 451 g/mol. The van der Waals surface area contributed by atoms with Crippen LogP contribution in [-0.4, -0.2) is 62.2 Å². The zero-order chi connectivity index (χ0) is 22.8. The van der Waals surface area contributed by atoms with Crippen molar-refractivity contribution in [3.05, 3.63) is 17.7 Å². The van der Waals surface area contributed by atoms with Gasteiger partial charge in [-0.05, 0) is 44.2 Å². The molecule has 0 bridgehead atoms. The van der Waals surface area contributed by atoms with Crippen LogP contribution in [0.15, 0.2) is 17.0 Å². The molecule has 1 aromatic carbocycles. The lowest BCUT2D eigenvalue weighted by Gasteiger charge is -2.34. The van der Waals surface area contributed by atoms with Crippen LogP contribution in [0.5, 0.6) is 5.75 Å². The fraction of sp³-hybridized carbons (Fsp3) is 0.636. The molecule has 1 N–H and O–H groups in total. The summed E-state index contributed by atoms with van der Waals surface area (Å²) in [6.45, 7) is 6.87. The van der Waals surface area contributed by atoms with Gasteiger partial charge in [-0.1, -0.05) is 20.3 Å². The number of piperidine rings is 1. The van der Waals surface area contributed by atoms with E-state index < -0.39 is 16.1 Å². The molecule has 172 valence electrons. The summed E-state index contributed by atoms with van der Waals surface area (Å²) in [5.74, 6) is -0.190. The number of sulfonamides is 1. The standard InChI is InChI=1S/C22H33N3O5S/c1-5-7-10-24(4)22(27)16-9-8-11-25(14-16)31(28,29)20-13-19-17(12-15(20)3)23-21(26)18(6-2)30-19/h12-13,16,18H,5-11,14H2,1-4H3,(H,23,26)/t16-,18-/m0/s1. The van der Waals surface area contributed by atoms with Crippen LogP contribution >= 0.6 is 0 Å². The number of carbonyl (C=O) groups excluding carboxylic acids is 2. The molecular weight excluding hydrogens is 418 g/mol. The fourth-order valence-electron chi connectivity index (χ4n) is 4.15. The molecule has 2 aliphatic heterocycles. The molecule has 0 aliphatic carbocycles. The van der Waals surface area contributed by atoms with Crippen molar-refractivity contribution in [3.63, 3.8) is 0 Å². The predicted molar refractivity (Wildman–Crippen MR) is 119 cm³/mol. The Morgan fingerprint density at radius 3 is 2.74 bits per heavy atom. The predicted octanol–water partition coefficient (Wildman–Crippen LogP) is 2.76. The summed E-state index contributed by atoms with van der Waals surface area (Å²) in [6, 6.07) is 3.14. The molecule has 31 heavy (non-hydrogen) atoms. The van der Waals surface area contributed by atoms with Gasteiger partial charge >= 0.3 is 0 Å². The molecule has 3 rings (SSSR count). The van der Waals surface area contributed by atoms with Crippen molar-refractivity contribution in [2.24, 2.45) is 5.92 Å². The van der Waals surface area contributed by atoms with E-state index in [9.17, 15) is 18.0 Å². The van der Waals surface area contributed by atoms with E-state index in [0.717, 1.165) is 12.8 Å². The van der Waals surface area contributed by atoms with Crippen LogP contribution in [0.4, 0.5) is 5.69 Å². The van der Waals surface area contributed by atoms with E-state index in [1.165, 1.54) is 10.4 Å². The summed E-state index contributed by atoms with van der Waals surface area (Å²) < 4.78 is 34.1. The van der Waals surface area contributed by atoms with Crippen LogP contribution in [0.25, 0.3) is 0 Å². The third-order valence-electron chi connectivity index (χ3n) is 6.04. The van der Waals surface area contributed by atoms with Crippen LogP contribution in [0, 0.1) is 12.8 Å². The number of benzene rings is 1. The molecule has 1 aromatic rings. The van der Waals surface area contributed by atoms with Gasteiger partial charge in [-0.25, -0.2) is 8.42 Å². The Bertz CT molecular complexity index is 947. The van der Waals surface area contributed by atoms with Crippen molar-refractivity contribution in [2.45, 2.75) is 63.9 Å². The number of nitrogens with zero attached hydrogens (tertiary/aromatic N) is 2. The minimum atomic E-state index is -3.80. The summed E-state index contributed by atoms with van der Waals surface area (Å²) in [5.41, 5.74) is 1.02. The van der Waals surface area contributed by atoms with Crippen LogP contribution in [-0.2, 0) is 19.6 Å². The fourth-order valence-corrected chi connectivity index (χ4v) is 5.90. The topological polar surface area (TPSA) is 96.0 Å². The van der Waals surface area contributed by atoms with E-state index in [4.69, 9.17) is 4.74 Å². The largest absolute Gasteiger partial charge is 0.478 e. The molecular formula is C22H33N3O5S. The van der Waals surface area contributed by atoms with Gasteiger partial charge < -0.3 is 15.0 Å². The molecule has 0 spiro atoms. The van der Waals surface area contributed by atoms with Crippen molar-refractivity contribution in [1.29, 1.82) is 0 Å². The Kier molecular flexibility index (Phi) is 7.26. The van der Waals surface area contributed by atoms with E-state index in [1.54, 1.807) is 24.9 Å². The lowest BCUT2D eigenvalue weighted by Crippen LogP contribution is -2.46. The SMILES string of the molecule is CCCCN(C)C(=O)[C@H]1CCCN(S(=O)(=O)c2cc3c(cc2C)NC(=O)[C@H](CC)O3)C1. The molecule has 0 unspecified atom stereocenters. The normalized spacial score (nSPS) is 21.7. The van der Waals surface area contributed by atoms with E-state index in [1.807, 2.05) is 6.92 Å². The van der Waals surface area contributed by atoms with E-state index >= 15 is 0 Å². The highest BCUT2D eigenvalue weighted by Crippen LogP contribution is 2.36. The lowest BCUT2D eigenvalue weighted by molar-refractivity contribution is -0.135. The van der Waals surface area contributed by atoms with Crippen molar-refractivity contribution < 1.29 is 22.7 Å². The maximum atomic E-state index is 13.5. The van der Waals surface area contributed by atoms with Crippen LogP contribution in [0.3, 0.4) is 0 Å². The van der Waals surface area contributed by atoms with Crippen molar-refractivity contribution in [1.82, 2.24) is 9.21 Å². The van der Waals surface area contributed by atoms with Gasteiger partial charge in [-0.3, -0.25) is 9.59 Å². The second-order valence-corrected chi connectivity index (χ2v) is 10.3. The lowest BCUT2D eigenvalue weighted by atomic mass is 9.98. The first-order valence-electron chi connectivity index (χ1n) is 11.1. The number of hydrogen-bond donors (Lipinski definition) is 1. The average Bonchev–Trinajstić information content (AvgIpc) is 2.76. The van der Waals surface area contributed by atoms with E-state index in [-0.39, 0.29) is 29.2 Å². The Balaban J connectivity index is 1.83. The molecule has 2 heterocycles. The second-order valence-electron chi connectivity index (χ2n) is 8.43. The number of ether oxygens (including phenoxy) is 1. The molecule has 2 aliphatic rings. The minimum absolute atomic E-state index is 0.00680. The highest BCUT2D eigenvalue weighted by molar-refractivity contribution is 7.89. The van der Waals surface area contributed by atoms with Gasteiger partial charge in [0.1, 0.15) is 5.75 Å². The number of nitrogens with one attached hydrogen (secondary N) is 1. The summed E-state index contributed by atoms with van der Waals surface area (Å²) in [6.07, 6.45) is 3.12. The maximum absolute atomic E-state index is 13.5. The van der Waals surface area contributed by atoms with Crippen LogP contribution in [0.2, 0.25) is 0 Å². The third-order valence-corrected chi connectivity index (χ3v) is 8.05. The first kappa shape index (κ1) is 23.5. The maximum Gasteiger partial charge on any atom is 0.265 e. The van der Waals surface area contributed by atoms with Crippen LogP contribution < -0.4 is 10.1 Å². The second kappa shape index (κ2) is 9.56. The Morgan fingerprint density at radius 2 is 2.06 bits per heavy atom. The molecule has 0 aromatic heterocycles. The number of hydrogen-bond acceptors (Lipinski definition) is 5. The summed E-state index contributed by atoms with van der Waals surface area (Å²) in [7, 11) is -2.02. The Morgan fingerprint density at radius 1 is 1.32 bits per heavy atom. The van der Waals surface area contributed by atoms with Gasteiger partial charge in [0.05, 0.1) is 16.5 Å². The molecule has 8 nitrogen and oxygen atoms in total. The summed E-state index contributed by atoms with van der Waals surface area (Å²) in [5, 5.41) is 2.79. The summed E-state index contributed by atoms with van der Waals surface area (Å²) in [4.78, 5) is 26.7. The number of fused-ring (bicyclic) bond motifs is 1. The average molecular weight is 452 g/mol. The van der Waals surface area contributed by atoms with Gasteiger partial charge in [0.2, 0.25) is 15.9 Å². The highest BCUT2D eigenvalue weighted by Gasteiger charge is 2.36. The first-order chi connectivity index (χ1) is 14.7. The molecule has 1 saturated heterocycles. The zero-order valence-electron chi connectivity index (χ0n) is 18.8. The van der Waals surface area contributed by atoms with Gasteiger partial charge in [0.15, 0.2) is 6.10 Å². The summed E-state index contributed by atoms with van der Waals surface area (Å²) >= 11 is 0. The Labute approximate surface area is 185 Å². The van der Waals surface area contributed by atoms with Crippen molar-refractivity contribution >= 4 is 27.5 Å². The van der Waals surface area contributed by atoms with Gasteiger partial charge in [0.25, 0.3) is 5.91 Å². The van der Waals surface area contributed by atoms with E-state index in [0.29, 0.717) is 49.4 Å². The number of amides is 2. The Hall–Kier alpha value is -2.13. The smallest absolute Gasteiger partial charge is 0.265 e. The molecule has 9 heteroatoms. The van der Waals surface area contributed by atoms with Crippen LogP contribution in [0.1, 0.15) is 51.5 Å². The molecule has 0 saturated carbocycles. The number of anilines is 1. The molecule has 2 amide bonds. The number of carbonyl (C=O) groups is 2. The van der Waals surface area contributed by atoms with Gasteiger partial charge in [0, 0.05) is 32.7 Å². The van der Waals surface area contributed by atoms with Crippen molar-refractivity contribution in [3.8, 4) is 5.75 Å². The molecule has 1 fully saturated rings. The minimum Gasteiger partial charge on any atom is -0.478 e. The zero-order valence-corrected chi connectivity index (χ0v) is 19.6. The first-order valence-corrected chi connectivity index (χ1v) is 12.5. The highest BCUT2D eigenvalue weighted by atomic mass is 32.2. The number of rotatable bonds is 7. The molecule has 0 radical (unpaired) electrons. The number of aryl methyl sites for hydroxylation is 1. The van der Waals surface area contributed by atoms with Gasteiger partial charge in [-0.2, -0.15) is 4.31 Å². The third kappa shape index (κ3) is 4.87. The molecule has 2 atom stereocenters. The number of unbranched alkanes of at least 4 members (excludes halogenated alkanes) is 1.